The maximum absolute atomic E-state index is 12.9. The van der Waals surface area contributed by atoms with Gasteiger partial charge in [-0.3, -0.25) is 0 Å². The molecule has 0 amide bonds. The number of nitrogens with one attached hydrogen (secondary N) is 2. The third-order valence-electron chi connectivity index (χ3n) is 4.49. The van der Waals surface area contributed by atoms with E-state index in [0.717, 1.165) is 18.5 Å². The smallest absolute Gasteiger partial charge is 0.166 e. The predicted molar refractivity (Wildman–Crippen MR) is 113 cm³/mol. The van der Waals surface area contributed by atoms with Gasteiger partial charge in [0.2, 0.25) is 0 Å². The molecule has 0 aliphatic heterocycles. The largest absolute Gasteiger partial charge is 0.363 e. The molecule has 3 rings (SSSR count). The Kier molecular flexibility index (Phi) is 6.94. The Morgan fingerprint density at radius 2 is 1.33 bits per heavy atom. The zero-order chi connectivity index (χ0) is 18.9. The normalized spacial score (nSPS) is 10.6. The third kappa shape index (κ3) is 5.90. The Morgan fingerprint density at radius 1 is 0.778 bits per heavy atom. The molecule has 0 bridgehead atoms. The number of thiocarbonyl (C=S) groups is 1. The summed E-state index contributed by atoms with van der Waals surface area (Å²) in [7, 11) is 0. The molecule has 138 valence electrons. The van der Waals surface area contributed by atoms with Crippen LogP contribution in [0.25, 0.3) is 0 Å². The van der Waals surface area contributed by atoms with Gasteiger partial charge in [-0.2, -0.15) is 0 Å². The second kappa shape index (κ2) is 9.83. The van der Waals surface area contributed by atoms with Gasteiger partial charge in [0.15, 0.2) is 5.11 Å². The molecule has 2 nitrogen and oxygen atoms in total. The minimum Gasteiger partial charge on any atom is -0.363 e. The van der Waals surface area contributed by atoms with Crippen LogP contribution in [0.5, 0.6) is 0 Å². The van der Waals surface area contributed by atoms with E-state index in [2.05, 4.69) is 59.2 Å². The molecule has 4 heteroatoms. The molecule has 3 aromatic carbocycles. The third-order valence-corrected chi connectivity index (χ3v) is 4.78. The highest BCUT2D eigenvalue weighted by Gasteiger charge is 2.13. The van der Waals surface area contributed by atoms with Crippen LogP contribution in [0.4, 0.5) is 4.39 Å². The molecule has 0 saturated heterocycles. The van der Waals surface area contributed by atoms with Gasteiger partial charge in [-0.1, -0.05) is 72.8 Å². The van der Waals surface area contributed by atoms with E-state index in [9.17, 15) is 4.39 Å². The van der Waals surface area contributed by atoms with Crippen molar-refractivity contribution in [2.45, 2.75) is 18.9 Å². The van der Waals surface area contributed by atoms with Crippen LogP contribution in [0.3, 0.4) is 0 Å². The van der Waals surface area contributed by atoms with Crippen LogP contribution in [0.1, 0.15) is 29.0 Å². The van der Waals surface area contributed by atoms with E-state index >= 15 is 0 Å². The van der Waals surface area contributed by atoms with E-state index in [0.29, 0.717) is 17.6 Å². The Hall–Kier alpha value is -2.72. The average molecular weight is 379 g/mol. The summed E-state index contributed by atoms with van der Waals surface area (Å²) in [6.45, 7) is 1.34. The molecule has 0 spiro atoms. The van der Waals surface area contributed by atoms with Crippen LogP contribution in [-0.2, 0) is 6.54 Å². The summed E-state index contributed by atoms with van der Waals surface area (Å²) in [6, 6.07) is 27.5. The molecule has 0 aliphatic carbocycles. The first-order valence-corrected chi connectivity index (χ1v) is 9.49. The topological polar surface area (TPSA) is 24.1 Å². The maximum atomic E-state index is 12.9. The minimum atomic E-state index is -0.229. The van der Waals surface area contributed by atoms with E-state index in [4.69, 9.17) is 12.2 Å². The summed E-state index contributed by atoms with van der Waals surface area (Å²) < 4.78 is 12.9. The van der Waals surface area contributed by atoms with Crippen molar-refractivity contribution in [1.82, 2.24) is 10.6 Å². The van der Waals surface area contributed by atoms with Crippen LogP contribution < -0.4 is 10.6 Å². The molecule has 0 heterocycles. The van der Waals surface area contributed by atoms with Crippen molar-refractivity contribution in [2.24, 2.45) is 0 Å². The van der Waals surface area contributed by atoms with Gasteiger partial charge >= 0.3 is 0 Å². The molecule has 0 fully saturated rings. The molecule has 2 N–H and O–H groups in total. The summed E-state index contributed by atoms with van der Waals surface area (Å²) in [5, 5.41) is 7.06. The lowest BCUT2D eigenvalue weighted by molar-refractivity contribution is 0.626. The number of halogens is 1. The average Bonchev–Trinajstić information content (AvgIpc) is 2.72. The molecule has 0 unspecified atom stereocenters. The molecule has 0 aliphatic rings. The first-order chi connectivity index (χ1) is 13.2. The standard InChI is InChI=1S/C23H23FN2S/c24-21-13-11-18(12-14-21)17-26-23(27)25-16-15-22(19-7-3-1-4-8-19)20-9-5-2-6-10-20/h1-14,22H,15-17H2,(H2,25,26,27). The van der Waals surface area contributed by atoms with E-state index in [1.54, 1.807) is 12.1 Å². The highest BCUT2D eigenvalue weighted by Crippen LogP contribution is 2.27. The number of rotatable bonds is 7. The highest BCUT2D eigenvalue weighted by atomic mass is 32.1. The quantitative estimate of drug-likeness (QED) is 0.565. The molecule has 0 aromatic heterocycles. The first-order valence-electron chi connectivity index (χ1n) is 9.08. The van der Waals surface area contributed by atoms with Gasteiger partial charge in [0.05, 0.1) is 0 Å². The second-order valence-corrected chi connectivity index (χ2v) is 6.81. The molecule has 3 aromatic rings. The fourth-order valence-corrected chi connectivity index (χ4v) is 3.25. The first kappa shape index (κ1) is 19.1. The van der Waals surface area contributed by atoms with Crippen LogP contribution in [-0.4, -0.2) is 11.7 Å². The van der Waals surface area contributed by atoms with Crippen molar-refractivity contribution < 1.29 is 4.39 Å². The SMILES string of the molecule is Fc1ccc(CNC(=S)NCCC(c2ccccc2)c2ccccc2)cc1. The van der Waals surface area contributed by atoms with E-state index in [1.807, 2.05) is 12.1 Å². The van der Waals surface area contributed by atoms with Gasteiger partial charge < -0.3 is 10.6 Å². The lowest BCUT2D eigenvalue weighted by Crippen LogP contribution is -2.35. The van der Waals surface area contributed by atoms with Gasteiger partial charge in [0.1, 0.15) is 5.82 Å². The van der Waals surface area contributed by atoms with E-state index in [-0.39, 0.29) is 5.82 Å². The second-order valence-electron chi connectivity index (χ2n) is 6.40. The number of hydrogen-bond donors (Lipinski definition) is 2. The monoisotopic (exact) mass is 378 g/mol. The molecule has 0 atom stereocenters. The Labute approximate surface area is 165 Å². The molecule has 0 saturated carbocycles. The highest BCUT2D eigenvalue weighted by molar-refractivity contribution is 7.80. The summed E-state index contributed by atoms with van der Waals surface area (Å²) in [5.41, 5.74) is 3.60. The predicted octanol–water partition coefficient (Wildman–Crippen LogP) is 5.01. The Bertz CT molecular complexity index is 796. The lowest BCUT2D eigenvalue weighted by atomic mass is 9.88. The van der Waals surface area contributed by atoms with Crippen molar-refractivity contribution in [3.8, 4) is 0 Å². The summed E-state index contributed by atoms with van der Waals surface area (Å²) in [4.78, 5) is 0. The van der Waals surface area contributed by atoms with Crippen LogP contribution in [0.15, 0.2) is 84.9 Å². The zero-order valence-electron chi connectivity index (χ0n) is 15.1. The Balaban J connectivity index is 1.53. The van der Waals surface area contributed by atoms with Crippen molar-refractivity contribution in [2.75, 3.05) is 6.54 Å². The van der Waals surface area contributed by atoms with Crippen LogP contribution >= 0.6 is 12.2 Å². The fraction of sp³-hybridized carbons (Fsp3) is 0.174. The van der Waals surface area contributed by atoms with E-state index in [1.165, 1.54) is 23.3 Å². The zero-order valence-corrected chi connectivity index (χ0v) is 15.9. The van der Waals surface area contributed by atoms with Gasteiger partial charge in [0, 0.05) is 19.0 Å². The minimum absolute atomic E-state index is 0.229. The van der Waals surface area contributed by atoms with Crippen molar-refractivity contribution in [3.05, 3.63) is 107 Å². The van der Waals surface area contributed by atoms with E-state index < -0.39 is 0 Å². The van der Waals surface area contributed by atoms with Crippen molar-refractivity contribution >= 4 is 17.3 Å². The molecule has 27 heavy (non-hydrogen) atoms. The van der Waals surface area contributed by atoms with Crippen LogP contribution in [0.2, 0.25) is 0 Å². The number of hydrogen-bond acceptors (Lipinski definition) is 1. The molecular weight excluding hydrogens is 355 g/mol. The fourth-order valence-electron chi connectivity index (χ4n) is 3.07. The lowest BCUT2D eigenvalue weighted by Gasteiger charge is -2.19. The van der Waals surface area contributed by atoms with Gasteiger partial charge in [-0.15, -0.1) is 0 Å². The van der Waals surface area contributed by atoms with Gasteiger partial charge in [0.25, 0.3) is 0 Å². The number of benzene rings is 3. The van der Waals surface area contributed by atoms with Crippen LogP contribution in [0, 0.1) is 5.82 Å². The molecular formula is C23H23FN2S. The van der Waals surface area contributed by atoms with Crippen molar-refractivity contribution in [3.63, 3.8) is 0 Å². The summed E-state index contributed by atoms with van der Waals surface area (Å²) in [6.07, 6.45) is 0.937. The maximum Gasteiger partial charge on any atom is 0.166 e. The van der Waals surface area contributed by atoms with Gasteiger partial charge in [-0.05, 0) is 47.5 Å². The summed E-state index contributed by atoms with van der Waals surface area (Å²) in [5.74, 6) is 0.0899. The Morgan fingerprint density at radius 3 is 1.89 bits per heavy atom. The van der Waals surface area contributed by atoms with Crippen molar-refractivity contribution in [1.29, 1.82) is 0 Å². The molecule has 0 radical (unpaired) electrons. The van der Waals surface area contributed by atoms with Gasteiger partial charge in [-0.25, -0.2) is 4.39 Å². The summed E-state index contributed by atoms with van der Waals surface area (Å²) >= 11 is 5.37.